The van der Waals surface area contributed by atoms with Crippen LogP contribution in [0, 0.1) is 6.92 Å². The summed E-state index contributed by atoms with van der Waals surface area (Å²) in [6.07, 6.45) is 2.82. The van der Waals surface area contributed by atoms with E-state index in [0.29, 0.717) is 43.4 Å². The normalized spacial score (nSPS) is 11.9. The number of aromatic nitrogens is 2. The standard InChI is InChI=1S/C31H35N3O3/c1-4-5-18-27(35)22-33(21-25-14-8-6-9-15-25)23-28-24(2)32-34(26-16-10-7-11-17-26)31(28)37-30-20-13-12-19-29(30)36-3/h4,6-17,19-20,27,35H,1,5,18,21-23H2,2-3H3. The summed E-state index contributed by atoms with van der Waals surface area (Å²) < 4.78 is 13.9. The van der Waals surface area contributed by atoms with E-state index < -0.39 is 6.10 Å². The average Bonchev–Trinajstić information content (AvgIpc) is 3.23. The third-order valence-corrected chi connectivity index (χ3v) is 6.22. The molecule has 37 heavy (non-hydrogen) atoms. The second kappa shape index (κ2) is 12.9. The number of rotatable bonds is 13. The van der Waals surface area contributed by atoms with Gasteiger partial charge in [-0.1, -0.05) is 66.7 Å². The minimum atomic E-state index is -0.468. The Labute approximate surface area is 219 Å². The predicted octanol–water partition coefficient (Wildman–Crippen LogP) is 6.31. The topological polar surface area (TPSA) is 59.8 Å². The molecule has 3 aromatic carbocycles. The molecule has 0 amide bonds. The van der Waals surface area contributed by atoms with E-state index in [2.05, 4.69) is 23.6 Å². The number of methoxy groups -OCH3 is 1. The van der Waals surface area contributed by atoms with Crippen LogP contribution >= 0.6 is 0 Å². The van der Waals surface area contributed by atoms with Gasteiger partial charge in [0.05, 0.1) is 30.2 Å². The van der Waals surface area contributed by atoms with E-state index in [-0.39, 0.29) is 0 Å². The summed E-state index contributed by atoms with van der Waals surface area (Å²) in [5.41, 5.74) is 3.91. The van der Waals surface area contributed by atoms with Crippen LogP contribution in [0.2, 0.25) is 0 Å². The average molecular weight is 498 g/mol. The van der Waals surface area contributed by atoms with Crippen molar-refractivity contribution in [1.29, 1.82) is 0 Å². The van der Waals surface area contributed by atoms with Crippen LogP contribution < -0.4 is 9.47 Å². The van der Waals surface area contributed by atoms with E-state index >= 15 is 0 Å². The fourth-order valence-electron chi connectivity index (χ4n) is 4.33. The molecule has 1 N–H and O–H groups in total. The van der Waals surface area contributed by atoms with Crippen molar-refractivity contribution in [3.05, 3.63) is 114 Å². The smallest absolute Gasteiger partial charge is 0.227 e. The van der Waals surface area contributed by atoms with Crippen molar-refractivity contribution in [2.45, 2.75) is 39.0 Å². The van der Waals surface area contributed by atoms with Crippen molar-refractivity contribution in [3.8, 4) is 23.1 Å². The SMILES string of the molecule is C=CCCC(O)CN(Cc1ccccc1)Cc1c(C)nn(-c2ccccc2)c1Oc1ccccc1OC. The Morgan fingerprint density at radius 3 is 2.27 bits per heavy atom. The number of benzene rings is 3. The zero-order valence-electron chi connectivity index (χ0n) is 21.6. The van der Waals surface area contributed by atoms with Gasteiger partial charge < -0.3 is 14.6 Å². The minimum Gasteiger partial charge on any atom is -0.493 e. The van der Waals surface area contributed by atoms with E-state index in [4.69, 9.17) is 14.6 Å². The van der Waals surface area contributed by atoms with Gasteiger partial charge in [0.1, 0.15) is 0 Å². The highest BCUT2D eigenvalue weighted by Crippen LogP contribution is 2.36. The predicted molar refractivity (Wildman–Crippen MR) is 147 cm³/mol. The van der Waals surface area contributed by atoms with E-state index in [1.54, 1.807) is 7.11 Å². The molecular formula is C31H35N3O3. The zero-order valence-corrected chi connectivity index (χ0v) is 21.6. The van der Waals surface area contributed by atoms with Gasteiger partial charge in [0.2, 0.25) is 5.88 Å². The number of nitrogens with zero attached hydrogens (tertiary/aromatic N) is 3. The lowest BCUT2D eigenvalue weighted by molar-refractivity contribution is 0.0978. The molecule has 192 valence electrons. The van der Waals surface area contributed by atoms with Crippen LogP contribution in [0.5, 0.6) is 17.4 Å². The summed E-state index contributed by atoms with van der Waals surface area (Å²) in [6.45, 7) is 7.56. The second-order valence-electron chi connectivity index (χ2n) is 9.04. The highest BCUT2D eigenvalue weighted by Gasteiger charge is 2.23. The first-order valence-corrected chi connectivity index (χ1v) is 12.6. The van der Waals surface area contributed by atoms with Gasteiger partial charge in [-0.05, 0) is 49.6 Å². The molecule has 1 heterocycles. The maximum atomic E-state index is 10.8. The van der Waals surface area contributed by atoms with Crippen LogP contribution in [0.3, 0.4) is 0 Å². The van der Waals surface area contributed by atoms with E-state index in [9.17, 15) is 5.11 Å². The number of aliphatic hydroxyl groups is 1. The fraction of sp³-hybridized carbons (Fsp3) is 0.258. The van der Waals surface area contributed by atoms with Crippen LogP contribution in [-0.4, -0.2) is 39.5 Å². The molecule has 0 saturated carbocycles. The van der Waals surface area contributed by atoms with Crippen LogP contribution in [0.25, 0.3) is 5.69 Å². The number of aliphatic hydroxyl groups excluding tert-OH is 1. The monoisotopic (exact) mass is 497 g/mol. The van der Waals surface area contributed by atoms with Gasteiger partial charge in [-0.2, -0.15) is 5.10 Å². The molecule has 0 bridgehead atoms. The summed E-state index contributed by atoms with van der Waals surface area (Å²) in [6, 6.07) is 27.9. The lowest BCUT2D eigenvalue weighted by Crippen LogP contribution is -2.32. The van der Waals surface area contributed by atoms with Gasteiger partial charge in [-0.3, -0.25) is 4.90 Å². The molecule has 0 fully saturated rings. The summed E-state index contributed by atoms with van der Waals surface area (Å²) in [5.74, 6) is 1.89. The summed E-state index contributed by atoms with van der Waals surface area (Å²) in [5, 5.41) is 15.6. The van der Waals surface area contributed by atoms with Crippen molar-refractivity contribution < 1.29 is 14.6 Å². The third kappa shape index (κ3) is 6.88. The largest absolute Gasteiger partial charge is 0.493 e. The van der Waals surface area contributed by atoms with Crippen molar-refractivity contribution in [2.75, 3.05) is 13.7 Å². The second-order valence-corrected chi connectivity index (χ2v) is 9.04. The number of aryl methyl sites for hydroxylation is 1. The Balaban J connectivity index is 1.72. The molecular weight excluding hydrogens is 462 g/mol. The summed E-state index contributed by atoms with van der Waals surface area (Å²) >= 11 is 0. The Kier molecular flexibility index (Phi) is 9.13. The number of hydrogen-bond acceptors (Lipinski definition) is 5. The molecule has 0 aliphatic carbocycles. The van der Waals surface area contributed by atoms with Crippen molar-refractivity contribution in [2.24, 2.45) is 0 Å². The van der Waals surface area contributed by atoms with Gasteiger partial charge in [0, 0.05) is 19.6 Å². The number of hydrogen-bond donors (Lipinski definition) is 1. The molecule has 4 aromatic rings. The molecule has 0 aliphatic heterocycles. The zero-order chi connectivity index (χ0) is 26.0. The maximum Gasteiger partial charge on any atom is 0.227 e. The Morgan fingerprint density at radius 2 is 1.59 bits per heavy atom. The maximum absolute atomic E-state index is 10.8. The molecule has 1 atom stereocenters. The molecule has 6 heteroatoms. The molecule has 1 unspecified atom stereocenters. The van der Waals surface area contributed by atoms with Crippen molar-refractivity contribution >= 4 is 0 Å². The van der Waals surface area contributed by atoms with Gasteiger partial charge in [-0.25, -0.2) is 4.68 Å². The van der Waals surface area contributed by atoms with Crippen molar-refractivity contribution in [3.63, 3.8) is 0 Å². The quantitative estimate of drug-likeness (QED) is 0.219. The Hall–Kier alpha value is -3.87. The van der Waals surface area contributed by atoms with Crippen molar-refractivity contribution in [1.82, 2.24) is 14.7 Å². The molecule has 0 spiro atoms. The van der Waals surface area contributed by atoms with E-state index in [0.717, 1.165) is 23.4 Å². The van der Waals surface area contributed by atoms with Crippen LogP contribution in [0.4, 0.5) is 0 Å². The lowest BCUT2D eigenvalue weighted by atomic mass is 10.1. The Bertz CT molecular complexity index is 1270. The summed E-state index contributed by atoms with van der Waals surface area (Å²) in [7, 11) is 1.63. The van der Waals surface area contributed by atoms with Crippen LogP contribution in [-0.2, 0) is 13.1 Å². The lowest BCUT2D eigenvalue weighted by Gasteiger charge is -2.25. The molecule has 6 nitrogen and oxygen atoms in total. The van der Waals surface area contributed by atoms with E-state index in [1.807, 2.05) is 90.5 Å². The van der Waals surface area contributed by atoms with Crippen LogP contribution in [0.1, 0.15) is 29.7 Å². The summed E-state index contributed by atoms with van der Waals surface area (Å²) in [4.78, 5) is 2.25. The number of para-hydroxylation sites is 3. The van der Waals surface area contributed by atoms with E-state index in [1.165, 1.54) is 5.56 Å². The van der Waals surface area contributed by atoms with Gasteiger partial charge in [-0.15, -0.1) is 6.58 Å². The van der Waals surface area contributed by atoms with Gasteiger partial charge in [0.15, 0.2) is 11.5 Å². The molecule has 1 aromatic heterocycles. The molecule has 4 rings (SSSR count). The molecule has 0 saturated heterocycles. The molecule has 0 aliphatic rings. The molecule has 0 radical (unpaired) electrons. The highest BCUT2D eigenvalue weighted by atomic mass is 16.5. The highest BCUT2D eigenvalue weighted by molar-refractivity contribution is 5.47. The first kappa shape index (κ1) is 26.2. The van der Waals surface area contributed by atoms with Crippen LogP contribution in [0.15, 0.2) is 97.6 Å². The Morgan fingerprint density at radius 1 is 0.946 bits per heavy atom. The third-order valence-electron chi connectivity index (χ3n) is 6.22. The van der Waals surface area contributed by atoms with Gasteiger partial charge in [0.25, 0.3) is 0 Å². The van der Waals surface area contributed by atoms with Gasteiger partial charge >= 0.3 is 0 Å². The first-order valence-electron chi connectivity index (χ1n) is 12.6. The fourth-order valence-corrected chi connectivity index (χ4v) is 4.33. The first-order chi connectivity index (χ1) is 18.1. The number of ether oxygens (including phenoxy) is 2. The minimum absolute atomic E-state index is 0.468. The number of allylic oxidation sites excluding steroid dienone is 1.